The van der Waals surface area contributed by atoms with Crippen LogP contribution in [0.3, 0.4) is 0 Å². The normalized spacial score (nSPS) is 15.1. The molecule has 6 nitrogen and oxygen atoms in total. The van der Waals surface area contributed by atoms with Crippen molar-refractivity contribution in [3.8, 4) is 11.1 Å². The van der Waals surface area contributed by atoms with E-state index in [0.29, 0.717) is 38.5 Å². The van der Waals surface area contributed by atoms with Crippen molar-refractivity contribution in [2.45, 2.75) is 26.3 Å². The molecular weight excluding hydrogens is 376 g/mol. The van der Waals surface area contributed by atoms with Crippen molar-refractivity contribution in [3.63, 3.8) is 0 Å². The van der Waals surface area contributed by atoms with E-state index in [1.807, 2.05) is 26.0 Å². The summed E-state index contributed by atoms with van der Waals surface area (Å²) in [5, 5.41) is 12.9. The Bertz CT molecular complexity index is 1130. The van der Waals surface area contributed by atoms with Gasteiger partial charge in [-0.2, -0.15) is 0 Å². The molecule has 0 aliphatic heterocycles. The van der Waals surface area contributed by atoms with E-state index in [4.69, 9.17) is 0 Å². The van der Waals surface area contributed by atoms with Crippen LogP contribution in [0.1, 0.15) is 41.0 Å². The minimum absolute atomic E-state index is 0.0893. The third-order valence-corrected chi connectivity index (χ3v) is 6.23. The van der Waals surface area contributed by atoms with E-state index < -0.39 is 23.6 Å². The average Bonchev–Trinajstić information content (AvgIpc) is 3.11. The maximum absolute atomic E-state index is 12.8. The van der Waals surface area contributed by atoms with Crippen LogP contribution < -0.4 is 5.32 Å². The number of hydrogen-bond acceptors (Lipinski definition) is 6. The highest BCUT2D eigenvalue weighted by atomic mass is 32.1. The van der Waals surface area contributed by atoms with E-state index in [2.05, 4.69) is 10.3 Å². The standard InChI is InChI=1S/C21H18N2O4S/c1-3-10(2)16(20(26)27)23-21-22-14-9-8-12-11-6-4-5-7-13(11)17(24)18(25)15(12)19(14)28-21/h4-10,16H,3H2,1-2H3,(H,22,23)(H,26,27). The molecule has 2 aromatic carbocycles. The van der Waals surface area contributed by atoms with Gasteiger partial charge in [-0.3, -0.25) is 9.59 Å². The fraction of sp³-hybridized carbons (Fsp3) is 0.238. The Hall–Kier alpha value is -3.06. The fourth-order valence-electron chi connectivity index (χ4n) is 3.47. The first-order valence-corrected chi connectivity index (χ1v) is 9.85. The zero-order chi connectivity index (χ0) is 20.0. The van der Waals surface area contributed by atoms with Crippen LogP contribution in [0, 0.1) is 5.92 Å². The first kappa shape index (κ1) is 18.3. The maximum Gasteiger partial charge on any atom is 0.326 e. The van der Waals surface area contributed by atoms with Gasteiger partial charge in [-0.1, -0.05) is 61.9 Å². The van der Waals surface area contributed by atoms with Crippen molar-refractivity contribution < 1.29 is 19.5 Å². The molecule has 142 valence electrons. The van der Waals surface area contributed by atoms with Gasteiger partial charge in [0.2, 0.25) is 11.6 Å². The summed E-state index contributed by atoms with van der Waals surface area (Å²) in [6.07, 6.45) is 0.702. The second kappa shape index (κ2) is 6.83. The molecule has 0 bridgehead atoms. The summed E-state index contributed by atoms with van der Waals surface area (Å²) < 4.78 is 0.598. The van der Waals surface area contributed by atoms with Gasteiger partial charge in [0.15, 0.2) is 5.13 Å². The third-order valence-electron chi connectivity index (χ3n) is 5.21. The summed E-state index contributed by atoms with van der Waals surface area (Å²) in [4.78, 5) is 41.4. The Kier molecular flexibility index (Phi) is 4.47. The maximum atomic E-state index is 12.8. The number of fused-ring (bicyclic) bond motifs is 5. The Morgan fingerprint density at radius 3 is 2.50 bits per heavy atom. The molecule has 0 radical (unpaired) electrons. The molecule has 4 rings (SSSR count). The zero-order valence-corrected chi connectivity index (χ0v) is 16.2. The lowest BCUT2D eigenvalue weighted by Gasteiger charge is -2.19. The number of carbonyl (C=O) groups is 3. The van der Waals surface area contributed by atoms with Crippen LogP contribution in [-0.2, 0) is 4.79 Å². The van der Waals surface area contributed by atoms with E-state index >= 15 is 0 Å². The Labute approximate surface area is 165 Å². The number of aliphatic carboxylic acids is 1. The molecule has 2 N–H and O–H groups in total. The van der Waals surface area contributed by atoms with Crippen LogP contribution in [0.25, 0.3) is 21.3 Å². The van der Waals surface area contributed by atoms with Crippen LogP contribution >= 0.6 is 11.3 Å². The van der Waals surface area contributed by atoms with Gasteiger partial charge in [-0.25, -0.2) is 9.78 Å². The predicted octanol–water partition coefficient (Wildman–Crippen LogP) is 4.25. The monoisotopic (exact) mass is 394 g/mol. The first-order valence-electron chi connectivity index (χ1n) is 9.03. The largest absolute Gasteiger partial charge is 0.480 e. The van der Waals surface area contributed by atoms with Crippen LogP contribution in [-0.4, -0.2) is 33.7 Å². The molecule has 1 aromatic heterocycles. The van der Waals surface area contributed by atoms with Gasteiger partial charge in [0.05, 0.1) is 15.8 Å². The van der Waals surface area contributed by atoms with E-state index in [0.717, 1.165) is 5.56 Å². The molecule has 0 saturated heterocycles. The van der Waals surface area contributed by atoms with Gasteiger partial charge in [0, 0.05) is 5.56 Å². The molecule has 0 saturated carbocycles. The second-order valence-corrected chi connectivity index (χ2v) is 7.90. The number of thiazole rings is 1. The quantitative estimate of drug-likeness (QED) is 0.628. The summed E-state index contributed by atoms with van der Waals surface area (Å²) in [7, 11) is 0. The molecule has 2 unspecified atom stereocenters. The molecule has 1 aliphatic rings. The third kappa shape index (κ3) is 2.79. The number of ketones is 2. The first-order chi connectivity index (χ1) is 13.4. The van der Waals surface area contributed by atoms with Gasteiger partial charge in [-0.15, -0.1) is 0 Å². The Balaban J connectivity index is 1.84. The highest BCUT2D eigenvalue weighted by molar-refractivity contribution is 7.22. The highest BCUT2D eigenvalue weighted by Crippen LogP contribution is 2.40. The molecule has 0 fully saturated rings. The lowest BCUT2D eigenvalue weighted by Crippen LogP contribution is -2.35. The van der Waals surface area contributed by atoms with E-state index in [1.54, 1.807) is 24.3 Å². The number of carboxylic acids is 1. The van der Waals surface area contributed by atoms with E-state index in [1.165, 1.54) is 11.3 Å². The number of rotatable bonds is 5. The summed E-state index contributed by atoms with van der Waals surface area (Å²) >= 11 is 1.21. The number of hydrogen-bond donors (Lipinski definition) is 2. The number of carbonyl (C=O) groups excluding carboxylic acids is 2. The average molecular weight is 394 g/mol. The van der Waals surface area contributed by atoms with Crippen molar-refractivity contribution in [3.05, 3.63) is 47.5 Å². The Morgan fingerprint density at radius 1 is 1.11 bits per heavy atom. The molecule has 7 heteroatoms. The number of nitrogens with one attached hydrogen (secondary N) is 1. The van der Waals surface area contributed by atoms with Crippen LogP contribution in [0.5, 0.6) is 0 Å². The van der Waals surface area contributed by atoms with Crippen molar-refractivity contribution in [2.75, 3.05) is 5.32 Å². The number of nitrogens with zero attached hydrogens (tertiary/aromatic N) is 1. The van der Waals surface area contributed by atoms with E-state index in [-0.39, 0.29) is 5.92 Å². The summed E-state index contributed by atoms with van der Waals surface area (Å²) in [6.45, 7) is 3.79. The van der Waals surface area contributed by atoms with Crippen LogP contribution in [0.2, 0.25) is 0 Å². The molecule has 28 heavy (non-hydrogen) atoms. The van der Waals surface area contributed by atoms with Gasteiger partial charge < -0.3 is 10.4 Å². The van der Waals surface area contributed by atoms with Gasteiger partial charge >= 0.3 is 5.97 Å². The number of anilines is 1. The number of benzene rings is 2. The zero-order valence-electron chi connectivity index (χ0n) is 15.4. The summed E-state index contributed by atoms with van der Waals surface area (Å²) in [5.74, 6) is -2.11. The minimum atomic E-state index is -0.948. The number of carboxylic acid groups (broad SMARTS) is 1. The molecule has 1 heterocycles. The molecule has 2 atom stereocenters. The van der Waals surface area contributed by atoms with E-state index in [9.17, 15) is 19.5 Å². The molecule has 1 aliphatic carbocycles. The molecule has 3 aromatic rings. The predicted molar refractivity (Wildman–Crippen MR) is 108 cm³/mol. The van der Waals surface area contributed by atoms with Crippen LogP contribution in [0.15, 0.2) is 36.4 Å². The SMILES string of the molecule is CCC(C)C(Nc1nc2ccc3c(c2s1)C(=O)C(=O)c1ccccc1-3)C(=O)O. The summed E-state index contributed by atoms with van der Waals surface area (Å²) in [5.41, 5.74) is 2.77. The van der Waals surface area contributed by atoms with Gasteiger partial charge in [0.1, 0.15) is 6.04 Å². The van der Waals surface area contributed by atoms with Gasteiger partial charge in [-0.05, 0) is 23.1 Å². The summed E-state index contributed by atoms with van der Waals surface area (Å²) in [6, 6.07) is 9.88. The van der Waals surface area contributed by atoms with Crippen molar-refractivity contribution in [2.24, 2.45) is 5.92 Å². The van der Waals surface area contributed by atoms with Crippen molar-refractivity contribution >= 4 is 44.2 Å². The van der Waals surface area contributed by atoms with Crippen molar-refractivity contribution in [1.82, 2.24) is 4.98 Å². The lowest BCUT2D eigenvalue weighted by atomic mass is 9.84. The lowest BCUT2D eigenvalue weighted by molar-refractivity contribution is -0.139. The highest BCUT2D eigenvalue weighted by Gasteiger charge is 2.33. The number of Topliss-reactive ketones (excluding diaryl/α,β-unsaturated/α-hetero) is 2. The second-order valence-electron chi connectivity index (χ2n) is 6.91. The van der Waals surface area contributed by atoms with Gasteiger partial charge in [0.25, 0.3) is 0 Å². The fourth-order valence-corrected chi connectivity index (χ4v) is 4.52. The Morgan fingerprint density at radius 2 is 1.82 bits per heavy atom. The van der Waals surface area contributed by atoms with Crippen LogP contribution in [0.4, 0.5) is 5.13 Å². The molecule has 0 amide bonds. The molecule has 0 spiro atoms. The molecular formula is C21H18N2O4S. The smallest absolute Gasteiger partial charge is 0.326 e. The van der Waals surface area contributed by atoms with Crippen molar-refractivity contribution in [1.29, 1.82) is 0 Å². The number of aromatic nitrogens is 1. The minimum Gasteiger partial charge on any atom is -0.480 e. The topological polar surface area (TPSA) is 96.4 Å².